The summed E-state index contributed by atoms with van der Waals surface area (Å²) in [5.41, 5.74) is 0. The Kier molecular flexibility index (Phi) is 7.30. The average molecular weight is 272 g/mol. The molecule has 0 heterocycles. The molecule has 0 aromatic heterocycles. The van der Waals surface area contributed by atoms with Crippen molar-refractivity contribution in [3.63, 3.8) is 0 Å². The summed E-state index contributed by atoms with van der Waals surface area (Å²) in [6.07, 6.45) is 2.64. The predicted octanol–water partition coefficient (Wildman–Crippen LogP) is 3.83. The topological polar surface area (TPSA) is 0 Å². The molecule has 0 aromatic carbocycles. The average Bonchev–Trinajstić information content (AvgIpc) is 1.99. The summed E-state index contributed by atoms with van der Waals surface area (Å²) in [5, 5.41) is 2.26. The van der Waals surface area contributed by atoms with Crippen molar-refractivity contribution >= 4 is 31.9 Å². The van der Waals surface area contributed by atoms with E-state index in [0.29, 0.717) is 0 Å². The van der Waals surface area contributed by atoms with E-state index in [0.717, 1.165) is 22.5 Å². The Bertz CT molecular complexity index is 69.7. The monoisotopic (exact) mass is 270 g/mol. The first-order valence-corrected chi connectivity index (χ1v) is 6.10. The SMILES string of the molecule is CCC(C)CC(CBr)CBr. The molecular formula is C8H16Br2. The van der Waals surface area contributed by atoms with Gasteiger partial charge >= 0.3 is 0 Å². The smallest absolute Gasteiger partial charge is 0.00677 e. The fourth-order valence-corrected chi connectivity index (χ4v) is 2.50. The van der Waals surface area contributed by atoms with E-state index in [1.165, 1.54) is 12.8 Å². The van der Waals surface area contributed by atoms with Crippen molar-refractivity contribution < 1.29 is 0 Å². The highest BCUT2D eigenvalue weighted by molar-refractivity contribution is 9.09. The highest BCUT2D eigenvalue weighted by Gasteiger charge is 2.08. The van der Waals surface area contributed by atoms with Gasteiger partial charge in [-0.2, -0.15) is 0 Å². The molecule has 0 aromatic rings. The van der Waals surface area contributed by atoms with Crippen molar-refractivity contribution in [3.8, 4) is 0 Å². The maximum absolute atomic E-state index is 3.50. The minimum Gasteiger partial charge on any atom is -0.0925 e. The Morgan fingerprint density at radius 3 is 2.00 bits per heavy atom. The zero-order valence-corrected chi connectivity index (χ0v) is 9.91. The lowest BCUT2D eigenvalue weighted by molar-refractivity contribution is 0.440. The molecular weight excluding hydrogens is 256 g/mol. The second-order valence-corrected chi connectivity index (χ2v) is 4.22. The van der Waals surface area contributed by atoms with Crippen molar-refractivity contribution in [3.05, 3.63) is 0 Å². The molecule has 10 heavy (non-hydrogen) atoms. The molecule has 0 rings (SSSR count). The van der Waals surface area contributed by atoms with E-state index >= 15 is 0 Å². The molecule has 0 aliphatic heterocycles. The van der Waals surface area contributed by atoms with E-state index in [1.807, 2.05) is 0 Å². The van der Waals surface area contributed by atoms with Crippen LogP contribution in [0.25, 0.3) is 0 Å². The summed E-state index contributed by atoms with van der Waals surface area (Å²) < 4.78 is 0. The van der Waals surface area contributed by atoms with Gasteiger partial charge in [-0.1, -0.05) is 52.1 Å². The molecule has 0 saturated carbocycles. The predicted molar refractivity (Wildman–Crippen MR) is 55.2 cm³/mol. The van der Waals surface area contributed by atoms with Gasteiger partial charge in [-0.05, 0) is 18.3 Å². The first-order valence-electron chi connectivity index (χ1n) is 3.86. The Balaban J connectivity index is 3.41. The molecule has 1 unspecified atom stereocenters. The van der Waals surface area contributed by atoms with Gasteiger partial charge in [0.05, 0.1) is 0 Å². The maximum atomic E-state index is 3.50. The summed E-state index contributed by atoms with van der Waals surface area (Å²) in [7, 11) is 0. The Morgan fingerprint density at radius 2 is 1.70 bits per heavy atom. The third-order valence-corrected chi connectivity index (χ3v) is 3.70. The third kappa shape index (κ3) is 4.73. The van der Waals surface area contributed by atoms with Gasteiger partial charge in [-0.15, -0.1) is 0 Å². The summed E-state index contributed by atoms with van der Waals surface area (Å²) in [4.78, 5) is 0. The largest absolute Gasteiger partial charge is 0.0925 e. The van der Waals surface area contributed by atoms with Gasteiger partial charge in [0, 0.05) is 10.7 Å². The minimum atomic E-state index is 0.815. The molecule has 0 bridgehead atoms. The molecule has 0 spiro atoms. The molecule has 0 N–H and O–H groups in total. The van der Waals surface area contributed by atoms with Crippen molar-refractivity contribution in [2.45, 2.75) is 26.7 Å². The van der Waals surface area contributed by atoms with Crippen LogP contribution in [-0.2, 0) is 0 Å². The molecule has 0 aliphatic carbocycles. The van der Waals surface area contributed by atoms with Crippen molar-refractivity contribution in [1.29, 1.82) is 0 Å². The highest BCUT2D eigenvalue weighted by Crippen LogP contribution is 2.18. The third-order valence-electron chi connectivity index (χ3n) is 1.87. The number of halogens is 2. The van der Waals surface area contributed by atoms with Crippen LogP contribution in [-0.4, -0.2) is 10.7 Å². The molecule has 62 valence electrons. The van der Waals surface area contributed by atoms with Gasteiger partial charge in [0.15, 0.2) is 0 Å². The zero-order chi connectivity index (χ0) is 7.98. The van der Waals surface area contributed by atoms with E-state index < -0.39 is 0 Å². The fraction of sp³-hybridized carbons (Fsp3) is 1.00. The standard InChI is InChI=1S/C8H16Br2/c1-3-7(2)4-8(5-9)6-10/h7-8H,3-6H2,1-2H3. The van der Waals surface area contributed by atoms with Crippen LogP contribution in [0.1, 0.15) is 26.7 Å². The van der Waals surface area contributed by atoms with Crippen LogP contribution < -0.4 is 0 Å². The lowest BCUT2D eigenvalue weighted by atomic mass is 9.97. The van der Waals surface area contributed by atoms with Crippen LogP contribution in [0.15, 0.2) is 0 Å². The van der Waals surface area contributed by atoms with Gasteiger partial charge in [0.25, 0.3) is 0 Å². The molecule has 0 radical (unpaired) electrons. The van der Waals surface area contributed by atoms with Crippen molar-refractivity contribution in [2.75, 3.05) is 10.7 Å². The Labute approximate surface area is 81.0 Å². The summed E-state index contributed by atoms with van der Waals surface area (Å²) in [5.74, 6) is 1.69. The first kappa shape index (κ1) is 11.0. The van der Waals surface area contributed by atoms with Gasteiger partial charge in [0.2, 0.25) is 0 Å². The van der Waals surface area contributed by atoms with E-state index in [1.54, 1.807) is 0 Å². The van der Waals surface area contributed by atoms with Gasteiger partial charge in [0.1, 0.15) is 0 Å². The molecule has 0 saturated heterocycles. The summed E-state index contributed by atoms with van der Waals surface area (Å²) in [6, 6.07) is 0. The summed E-state index contributed by atoms with van der Waals surface area (Å²) in [6.45, 7) is 4.57. The van der Waals surface area contributed by atoms with E-state index in [4.69, 9.17) is 0 Å². The van der Waals surface area contributed by atoms with Gasteiger partial charge in [-0.3, -0.25) is 0 Å². The fourth-order valence-electron chi connectivity index (χ4n) is 0.903. The Morgan fingerprint density at radius 1 is 1.20 bits per heavy atom. The van der Waals surface area contributed by atoms with Crippen molar-refractivity contribution in [2.24, 2.45) is 11.8 Å². The second kappa shape index (κ2) is 6.66. The molecule has 0 amide bonds. The highest BCUT2D eigenvalue weighted by atomic mass is 79.9. The van der Waals surface area contributed by atoms with Crippen LogP contribution in [0, 0.1) is 11.8 Å². The number of rotatable bonds is 5. The second-order valence-electron chi connectivity index (χ2n) is 2.92. The number of alkyl halides is 2. The van der Waals surface area contributed by atoms with Gasteiger partial charge < -0.3 is 0 Å². The zero-order valence-electron chi connectivity index (χ0n) is 6.74. The molecule has 1 atom stereocenters. The lowest BCUT2D eigenvalue weighted by Crippen LogP contribution is -2.08. The normalized spacial score (nSPS) is 14.1. The van der Waals surface area contributed by atoms with Crippen LogP contribution >= 0.6 is 31.9 Å². The molecule has 0 aliphatic rings. The quantitative estimate of drug-likeness (QED) is 0.667. The van der Waals surface area contributed by atoms with Crippen LogP contribution in [0.5, 0.6) is 0 Å². The molecule has 2 heteroatoms. The summed E-state index contributed by atoms with van der Waals surface area (Å²) >= 11 is 7.01. The minimum absolute atomic E-state index is 0.815. The first-order chi connectivity index (χ1) is 4.74. The van der Waals surface area contributed by atoms with Gasteiger partial charge in [-0.25, -0.2) is 0 Å². The molecule has 0 nitrogen and oxygen atoms in total. The van der Waals surface area contributed by atoms with E-state index in [-0.39, 0.29) is 0 Å². The van der Waals surface area contributed by atoms with E-state index in [2.05, 4.69) is 45.7 Å². The Hall–Kier alpha value is 0.960. The van der Waals surface area contributed by atoms with Crippen molar-refractivity contribution in [1.82, 2.24) is 0 Å². The van der Waals surface area contributed by atoms with Crippen LogP contribution in [0.4, 0.5) is 0 Å². The number of hydrogen-bond donors (Lipinski definition) is 0. The van der Waals surface area contributed by atoms with E-state index in [9.17, 15) is 0 Å². The number of hydrogen-bond acceptors (Lipinski definition) is 0. The van der Waals surface area contributed by atoms with Crippen LogP contribution in [0.2, 0.25) is 0 Å². The lowest BCUT2D eigenvalue weighted by Gasteiger charge is -2.14. The van der Waals surface area contributed by atoms with Crippen LogP contribution in [0.3, 0.4) is 0 Å². The molecule has 0 fully saturated rings. The maximum Gasteiger partial charge on any atom is 0.00677 e.